The van der Waals surface area contributed by atoms with Crippen LogP contribution in [0.1, 0.15) is 5.56 Å². The first kappa shape index (κ1) is 12.5. The number of benzene rings is 1. The fourth-order valence-corrected chi connectivity index (χ4v) is 1.82. The highest BCUT2D eigenvalue weighted by atomic mass is 79.9. The molecule has 0 atom stereocenters. The zero-order valence-electron chi connectivity index (χ0n) is 9.55. The maximum absolute atomic E-state index is 11.0. The molecule has 0 aliphatic rings. The summed E-state index contributed by atoms with van der Waals surface area (Å²) in [7, 11) is 0. The molecule has 2 rings (SSSR count). The van der Waals surface area contributed by atoms with Gasteiger partial charge in [-0.15, -0.1) is 0 Å². The van der Waals surface area contributed by atoms with Crippen LogP contribution in [-0.2, 0) is 0 Å². The van der Waals surface area contributed by atoms with Gasteiger partial charge in [0.25, 0.3) is 0 Å². The molecule has 1 N–H and O–H groups in total. The van der Waals surface area contributed by atoms with Crippen LogP contribution in [-0.4, -0.2) is 9.91 Å². The van der Waals surface area contributed by atoms with Crippen molar-refractivity contribution in [3.8, 4) is 0 Å². The Morgan fingerprint density at radius 2 is 2.11 bits per heavy atom. The van der Waals surface area contributed by atoms with Crippen molar-refractivity contribution >= 4 is 33.1 Å². The summed E-state index contributed by atoms with van der Waals surface area (Å²) in [6.45, 7) is 1.92. The summed E-state index contributed by atoms with van der Waals surface area (Å²) in [6, 6.07) is 8.97. The molecule has 0 amide bonds. The molecule has 1 heterocycles. The number of aryl methyl sites for hydroxylation is 1. The smallest absolute Gasteiger partial charge is 0.312 e. The van der Waals surface area contributed by atoms with Gasteiger partial charge < -0.3 is 5.32 Å². The molecule has 0 spiro atoms. The Hall–Kier alpha value is -1.95. The van der Waals surface area contributed by atoms with Gasteiger partial charge >= 0.3 is 5.69 Å². The molecule has 0 aliphatic carbocycles. The lowest BCUT2D eigenvalue weighted by Gasteiger charge is -2.08. The van der Waals surface area contributed by atoms with Crippen LogP contribution in [0, 0.1) is 17.0 Å². The van der Waals surface area contributed by atoms with Crippen LogP contribution in [0.25, 0.3) is 0 Å². The lowest BCUT2D eigenvalue weighted by Crippen LogP contribution is -2.00. The number of halogens is 1. The third-order valence-corrected chi connectivity index (χ3v) is 2.86. The molecule has 0 radical (unpaired) electrons. The van der Waals surface area contributed by atoms with E-state index in [-0.39, 0.29) is 11.5 Å². The summed E-state index contributed by atoms with van der Waals surface area (Å²) in [4.78, 5) is 14.5. The van der Waals surface area contributed by atoms with Gasteiger partial charge in [0.05, 0.1) is 4.92 Å². The molecule has 1 aromatic heterocycles. The SMILES string of the molecule is Cc1ccccc1Nc1ncc(Br)cc1[N+](=O)[O-]. The van der Waals surface area contributed by atoms with Crippen molar-refractivity contribution < 1.29 is 4.92 Å². The van der Waals surface area contributed by atoms with E-state index < -0.39 is 4.92 Å². The van der Waals surface area contributed by atoms with Crippen LogP contribution in [0.2, 0.25) is 0 Å². The summed E-state index contributed by atoms with van der Waals surface area (Å²) in [6.07, 6.45) is 1.52. The predicted molar refractivity (Wildman–Crippen MR) is 73.1 cm³/mol. The van der Waals surface area contributed by atoms with Crippen LogP contribution in [0.15, 0.2) is 41.0 Å². The fourth-order valence-electron chi connectivity index (χ4n) is 1.50. The van der Waals surface area contributed by atoms with Crippen LogP contribution in [0.5, 0.6) is 0 Å². The summed E-state index contributed by atoms with van der Waals surface area (Å²) in [5.74, 6) is 0.234. The molecular formula is C12H10BrN3O2. The minimum Gasteiger partial charge on any atom is -0.334 e. The van der Waals surface area contributed by atoms with E-state index in [0.29, 0.717) is 4.47 Å². The molecule has 6 heteroatoms. The first-order valence-corrected chi connectivity index (χ1v) is 6.00. The molecule has 0 saturated heterocycles. The molecule has 18 heavy (non-hydrogen) atoms. The Kier molecular flexibility index (Phi) is 3.57. The van der Waals surface area contributed by atoms with Gasteiger partial charge in [0, 0.05) is 22.4 Å². The fraction of sp³-hybridized carbons (Fsp3) is 0.0833. The van der Waals surface area contributed by atoms with Gasteiger partial charge in [-0.3, -0.25) is 10.1 Å². The lowest BCUT2D eigenvalue weighted by molar-refractivity contribution is -0.384. The Morgan fingerprint density at radius 1 is 1.39 bits per heavy atom. The highest BCUT2D eigenvalue weighted by molar-refractivity contribution is 9.10. The van der Waals surface area contributed by atoms with Crippen molar-refractivity contribution in [3.63, 3.8) is 0 Å². The van der Waals surface area contributed by atoms with E-state index in [1.807, 2.05) is 31.2 Å². The maximum Gasteiger partial charge on any atom is 0.312 e. The van der Waals surface area contributed by atoms with Crippen molar-refractivity contribution in [2.75, 3.05) is 5.32 Å². The zero-order chi connectivity index (χ0) is 13.1. The number of hydrogen-bond donors (Lipinski definition) is 1. The van der Waals surface area contributed by atoms with E-state index in [1.165, 1.54) is 12.3 Å². The lowest BCUT2D eigenvalue weighted by atomic mass is 10.2. The van der Waals surface area contributed by atoms with E-state index in [9.17, 15) is 10.1 Å². The summed E-state index contributed by atoms with van der Waals surface area (Å²) in [5.41, 5.74) is 1.74. The van der Waals surface area contributed by atoms with Crippen LogP contribution in [0.4, 0.5) is 17.2 Å². The molecule has 0 fully saturated rings. The number of nitro groups is 1. The molecule has 0 bridgehead atoms. The molecule has 0 saturated carbocycles. The minimum atomic E-state index is -0.460. The van der Waals surface area contributed by atoms with E-state index in [2.05, 4.69) is 26.2 Å². The predicted octanol–water partition coefficient (Wildman–Crippen LogP) is 3.80. The average Bonchev–Trinajstić information content (AvgIpc) is 2.34. The Morgan fingerprint density at radius 3 is 2.78 bits per heavy atom. The Balaban J connectivity index is 2.41. The van der Waals surface area contributed by atoms with Crippen LogP contribution >= 0.6 is 15.9 Å². The monoisotopic (exact) mass is 307 g/mol. The zero-order valence-corrected chi connectivity index (χ0v) is 11.1. The highest BCUT2D eigenvalue weighted by Crippen LogP contribution is 2.28. The number of nitrogens with one attached hydrogen (secondary N) is 1. The quantitative estimate of drug-likeness (QED) is 0.691. The third kappa shape index (κ3) is 2.65. The van der Waals surface area contributed by atoms with E-state index in [0.717, 1.165) is 11.3 Å². The topological polar surface area (TPSA) is 68.1 Å². The van der Waals surface area contributed by atoms with Gasteiger partial charge in [-0.2, -0.15) is 0 Å². The molecular weight excluding hydrogens is 298 g/mol. The first-order chi connectivity index (χ1) is 8.58. The van der Waals surface area contributed by atoms with Gasteiger partial charge in [0.15, 0.2) is 0 Å². The standard InChI is InChI=1S/C12H10BrN3O2/c1-8-4-2-3-5-10(8)15-12-11(16(17)18)6-9(13)7-14-12/h2-7H,1H3,(H,14,15). The van der Waals surface area contributed by atoms with Gasteiger partial charge in [-0.25, -0.2) is 4.98 Å². The molecule has 0 aliphatic heterocycles. The summed E-state index contributed by atoms with van der Waals surface area (Å²) >= 11 is 3.17. The van der Waals surface area contributed by atoms with Crippen molar-refractivity contribution in [3.05, 3.63) is 56.7 Å². The molecule has 0 unspecified atom stereocenters. The number of anilines is 2. The second-order valence-corrected chi connectivity index (χ2v) is 4.63. The van der Waals surface area contributed by atoms with E-state index in [1.54, 1.807) is 0 Å². The second-order valence-electron chi connectivity index (χ2n) is 3.72. The van der Waals surface area contributed by atoms with Crippen LogP contribution in [0.3, 0.4) is 0 Å². The second kappa shape index (κ2) is 5.14. The normalized spacial score (nSPS) is 10.1. The Bertz CT molecular complexity index is 602. The Labute approximate surface area is 112 Å². The van der Waals surface area contributed by atoms with Crippen molar-refractivity contribution in [2.45, 2.75) is 6.92 Å². The van der Waals surface area contributed by atoms with Crippen molar-refractivity contribution in [1.82, 2.24) is 4.98 Å². The number of hydrogen-bond acceptors (Lipinski definition) is 4. The van der Waals surface area contributed by atoms with Crippen molar-refractivity contribution in [1.29, 1.82) is 0 Å². The number of para-hydroxylation sites is 1. The molecule has 1 aromatic carbocycles. The summed E-state index contributed by atoms with van der Waals surface area (Å²) in [5, 5.41) is 13.9. The van der Waals surface area contributed by atoms with Crippen molar-refractivity contribution in [2.24, 2.45) is 0 Å². The van der Waals surface area contributed by atoms with Gasteiger partial charge in [0.1, 0.15) is 0 Å². The average molecular weight is 308 g/mol. The maximum atomic E-state index is 11.0. The number of pyridine rings is 1. The number of aromatic nitrogens is 1. The van der Waals surface area contributed by atoms with Crippen LogP contribution < -0.4 is 5.32 Å². The van der Waals surface area contributed by atoms with E-state index >= 15 is 0 Å². The number of rotatable bonds is 3. The molecule has 5 nitrogen and oxygen atoms in total. The largest absolute Gasteiger partial charge is 0.334 e. The van der Waals surface area contributed by atoms with Gasteiger partial charge in [0.2, 0.25) is 5.82 Å². The number of nitrogens with zero attached hydrogens (tertiary/aromatic N) is 2. The van der Waals surface area contributed by atoms with Gasteiger partial charge in [-0.05, 0) is 34.5 Å². The summed E-state index contributed by atoms with van der Waals surface area (Å²) < 4.78 is 0.574. The minimum absolute atomic E-state index is 0.0624. The van der Waals surface area contributed by atoms with E-state index in [4.69, 9.17) is 0 Å². The van der Waals surface area contributed by atoms with Gasteiger partial charge in [-0.1, -0.05) is 18.2 Å². The first-order valence-electron chi connectivity index (χ1n) is 5.20. The molecule has 92 valence electrons. The third-order valence-electron chi connectivity index (χ3n) is 2.43. The molecule has 2 aromatic rings. The highest BCUT2D eigenvalue weighted by Gasteiger charge is 2.16.